The lowest BCUT2D eigenvalue weighted by molar-refractivity contribution is 0.589. The summed E-state index contributed by atoms with van der Waals surface area (Å²) in [5.74, 6) is 0.976. The van der Waals surface area contributed by atoms with E-state index < -0.39 is 10.0 Å². The van der Waals surface area contributed by atoms with Crippen molar-refractivity contribution in [3.63, 3.8) is 0 Å². The van der Waals surface area contributed by atoms with Crippen LogP contribution < -0.4 is 4.31 Å². The molecule has 0 amide bonds. The van der Waals surface area contributed by atoms with Crippen LogP contribution in [0.15, 0.2) is 47.4 Å². The fraction of sp³-hybridized carbons (Fsp3) is 0.286. The maximum Gasteiger partial charge on any atom is 0.265 e. The molecule has 0 N–H and O–H groups in total. The summed E-state index contributed by atoms with van der Waals surface area (Å²) in [5.41, 5.74) is 3.94. The van der Waals surface area contributed by atoms with Gasteiger partial charge in [-0.15, -0.1) is 10.2 Å². The van der Waals surface area contributed by atoms with E-state index in [0.717, 1.165) is 16.6 Å². The van der Waals surface area contributed by atoms with E-state index in [2.05, 4.69) is 10.2 Å². The van der Waals surface area contributed by atoms with E-state index in [1.807, 2.05) is 62.4 Å². The molecule has 2 aromatic heterocycles. The van der Waals surface area contributed by atoms with E-state index in [0.29, 0.717) is 35.8 Å². The summed E-state index contributed by atoms with van der Waals surface area (Å²) in [4.78, 5) is 4.94. The van der Waals surface area contributed by atoms with Gasteiger partial charge in [0.25, 0.3) is 10.0 Å². The Balaban J connectivity index is 2.00. The number of aromatic nitrogens is 4. The second-order valence-corrected chi connectivity index (χ2v) is 9.02. The monoisotopic (exact) mass is 409 g/mol. The summed E-state index contributed by atoms with van der Waals surface area (Å²) in [5, 5.41) is 8.44. The molecule has 0 aliphatic carbocycles. The number of anilines is 1. The third-order valence-electron chi connectivity index (χ3n) is 5.10. The average Bonchev–Trinajstić information content (AvgIpc) is 3.09. The molecule has 0 atom stereocenters. The highest BCUT2D eigenvalue weighted by Gasteiger charge is 2.29. The van der Waals surface area contributed by atoms with Crippen molar-refractivity contribution in [2.45, 2.75) is 39.0 Å². The van der Waals surface area contributed by atoms with Crippen LogP contribution in [0.4, 0.5) is 5.82 Å². The summed E-state index contributed by atoms with van der Waals surface area (Å²) >= 11 is 0. The summed E-state index contributed by atoms with van der Waals surface area (Å²) in [7, 11) is -3.82. The van der Waals surface area contributed by atoms with Gasteiger partial charge >= 0.3 is 0 Å². The minimum Gasteiger partial charge on any atom is -0.274 e. The first kappa shape index (κ1) is 19.3. The van der Waals surface area contributed by atoms with Crippen LogP contribution in [0.2, 0.25) is 0 Å². The Kier molecular flexibility index (Phi) is 4.74. The van der Waals surface area contributed by atoms with Crippen LogP contribution in [0.3, 0.4) is 0 Å². The Morgan fingerprint density at radius 1 is 1.00 bits per heavy atom. The highest BCUT2D eigenvalue weighted by atomic mass is 32.2. The molecule has 0 saturated heterocycles. The maximum atomic E-state index is 13.6. The Labute approximate surface area is 170 Å². The molecule has 0 spiro atoms. The van der Waals surface area contributed by atoms with Crippen LogP contribution in [0.5, 0.6) is 0 Å². The zero-order valence-electron chi connectivity index (χ0n) is 16.9. The van der Waals surface area contributed by atoms with E-state index in [-0.39, 0.29) is 4.90 Å². The second kappa shape index (κ2) is 7.11. The summed E-state index contributed by atoms with van der Waals surface area (Å²) in [6.07, 6.45) is 0.637. The number of nitrogens with zero attached hydrogens (tertiary/aromatic N) is 5. The van der Waals surface area contributed by atoms with Crippen molar-refractivity contribution >= 4 is 32.5 Å². The van der Waals surface area contributed by atoms with Gasteiger partial charge in [0.15, 0.2) is 5.82 Å². The Morgan fingerprint density at radius 2 is 1.76 bits per heavy atom. The molecule has 7 nitrogen and oxygen atoms in total. The van der Waals surface area contributed by atoms with Gasteiger partial charge in [0.1, 0.15) is 5.82 Å². The standard InChI is InChI=1S/C21H23N5O2S/c1-5-12-25(29(27,28)17-11-10-14(2)15(3)13-17)20-21-24-23-16(4)26(21)19-9-7-6-8-18(19)22-20/h6-11,13H,5,12H2,1-4H3. The third kappa shape index (κ3) is 3.13. The topological polar surface area (TPSA) is 80.5 Å². The lowest BCUT2D eigenvalue weighted by Crippen LogP contribution is -2.33. The summed E-state index contributed by atoms with van der Waals surface area (Å²) in [6, 6.07) is 12.8. The zero-order chi connectivity index (χ0) is 20.8. The summed E-state index contributed by atoms with van der Waals surface area (Å²) in [6.45, 7) is 7.95. The second-order valence-electron chi connectivity index (χ2n) is 7.15. The lowest BCUT2D eigenvalue weighted by atomic mass is 10.1. The number of rotatable bonds is 5. The number of hydrogen-bond donors (Lipinski definition) is 0. The Hall–Kier alpha value is -3.00. The van der Waals surface area contributed by atoms with E-state index in [4.69, 9.17) is 4.98 Å². The highest BCUT2D eigenvalue weighted by Crippen LogP contribution is 2.29. The molecule has 2 aromatic carbocycles. The van der Waals surface area contributed by atoms with Gasteiger partial charge in [0, 0.05) is 6.54 Å². The van der Waals surface area contributed by atoms with Crippen molar-refractivity contribution in [1.29, 1.82) is 0 Å². The number of sulfonamides is 1. The molecule has 150 valence electrons. The highest BCUT2D eigenvalue weighted by molar-refractivity contribution is 7.92. The van der Waals surface area contributed by atoms with E-state index in [1.165, 1.54) is 4.31 Å². The molecule has 0 bridgehead atoms. The quantitative estimate of drug-likeness (QED) is 0.501. The SMILES string of the molecule is CCCN(c1nc2ccccc2n2c(C)nnc12)S(=O)(=O)c1ccc(C)c(C)c1. The van der Waals surface area contributed by atoms with Gasteiger partial charge < -0.3 is 0 Å². The fourth-order valence-electron chi connectivity index (χ4n) is 3.42. The molecule has 0 unspecified atom stereocenters. The number of aryl methyl sites for hydroxylation is 3. The van der Waals surface area contributed by atoms with Crippen molar-refractivity contribution in [1.82, 2.24) is 19.6 Å². The molecule has 8 heteroatoms. The number of benzene rings is 2. The molecule has 0 radical (unpaired) electrons. The van der Waals surface area contributed by atoms with E-state index in [9.17, 15) is 8.42 Å². The minimum absolute atomic E-state index is 0.249. The average molecular weight is 410 g/mol. The maximum absolute atomic E-state index is 13.6. The van der Waals surface area contributed by atoms with Crippen LogP contribution in [-0.4, -0.2) is 34.5 Å². The molecular weight excluding hydrogens is 386 g/mol. The molecule has 0 aliphatic heterocycles. The number of para-hydroxylation sites is 2. The predicted molar refractivity (Wildman–Crippen MR) is 114 cm³/mol. The minimum atomic E-state index is -3.82. The van der Waals surface area contributed by atoms with E-state index >= 15 is 0 Å². The molecule has 4 rings (SSSR count). The molecule has 2 heterocycles. The number of fused-ring (bicyclic) bond motifs is 3. The van der Waals surface area contributed by atoms with Gasteiger partial charge in [-0.25, -0.2) is 17.7 Å². The van der Waals surface area contributed by atoms with Crippen LogP contribution >= 0.6 is 0 Å². The van der Waals surface area contributed by atoms with Gasteiger partial charge in [-0.3, -0.25) is 4.40 Å². The van der Waals surface area contributed by atoms with Crippen LogP contribution in [-0.2, 0) is 10.0 Å². The predicted octanol–water partition coefficient (Wildman–Crippen LogP) is 3.81. The van der Waals surface area contributed by atoms with Crippen molar-refractivity contribution < 1.29 is 8.42 Å². The van der Waals surface area contributed by atoms with Crippen molar-refractivity contribution in [3.05, 3.63) is 59.4 Å². The molecule has 0 aliphatic rings. The van der Waals surface area contributed by atoms with Crippen LogP contribution in [0.25, 0.3) is 16.7 Å². The normalized spacial score (nSPS) is 12.0. The molecule has 0 fully saturated rings. The van der Waals surface area contributed by atoms with Gasteiger partial charge in [0.05, 0.1) is 15.9 Å². The molecular formula is C21H23N5O2S. The van der Waals surface area contributed by atoms with Crippen LogP contribution in [0.1, 0.15) is 30.3 Å². The van der Waals surface area contributed by atoms with Crippen molar-refractivity contribution in [2.24, 2.45) is 0 Å². The number of hydrogen-bond acceptors (Lipinski definition) is 5. The van der Waals surface area contributed by atoms with Crippen molar-refractivity contribution in [3.8, 4) is 0 Å². The first-order valence-corrected chi connectivity index (χ1v) is 11.0. The first-order chi connectivity index (χ1) is 13.8. The van der Waals surface area contributed by atoms with Crippen LogP contribution in [0, 0.1) is 20.8 Å². The Morgan fingerprint density at radius 3 is 2.48 bits per heavy atom. The fourth-order valence-corrected chi connectivity index (χ4v) is 5.01. The summed E-state index contributed by atoms with van der Waals surface area (Å²) < 4.78 is 30.4. The lowest BCUT2D eigenvalue weighted by Gasteiger charge is -2.24. The van der Waals surface area contributed by atoms with Crippen molar-refractivity contribution in [2.75, 3.05) is 10.8 Å². The first-order valence-electron chi connectivity index (χ1n) is 9.55. The van der Waals surface area contributed by atoms with Gasteiger partial charge in [-0.2, -0.15) is 0 Å². The Bertz CT molecular complexity index is 1330. The zero-order valence-corrected chi connectivity index (χ0v) is 17.7. The van der Waals surface area contributed by atoms with Gasteiger partial charge in [-0.05, 0) is 62.6 Å². The molecule has 0 saturated carbocycles. The van der Waals surface area contributed by atoms with Gasteiger partial charge in [0.2, 0.25) is 5.65 Å². The smallest absolute Gasteiger partial charge is 0.265 e. The van der Waals surface area contributed by atoms with E-state index in [1.54, 1.807) is 12.1 Å². The third-order valence-corrected chi connectivity index (χ3v) is 6.89. The largest absolute Gasteiger partial charge is 0.274 e. The molecule has 29 heavy (non-hydrogen) atoms. The van der Waals surface area contributed by atoms with Gasteiger partial charge in [-0.1, -0.05) is 25.1 Å². The molecule has 4 aromatic rings.